The molecule has 30 heavy (non-hydrogen) atoms. The van der Waals surface area contributed by atoms with Gasteiger partial charge in [-0.25, -0.2) is 9.37 Å². The molecule has 0 atom stereocenters. The molecule has 0 fully saturated rings. The fraction of sp³-hybridized carbons (Fsp3) is 0.261. The Balaban J connectivity index is 1.82. The SMILES string of the molecule is CC(=O)c1ccc(OCc2csc(N(C(C)=O)c3c(C)cc(C)cc3C)n2)cc1F. The van der Waals surface area contributed by atoms with Crippen LogP contribution >= 0.6 is 11.3 Å². The number of benzene rings is 2. The summed E-state index contributed by atoms with van der Waals surface area (Å²) < 4.78 is 19.6. The molecule has 2 aromatic carbocycles. The number of rotatable bonds is 6. The molecule has 0 aliphatic rings. The Morgan fingerprint density at radius 3 is 2.33 bits per heavy atom. The summed E-state index contributed by atoms with van der Waals surface area (Å²) >= 11 is 1.34. The molecular weight excluding hydrogens is 403 g/mol. The van der Waals surface area contributed by atoms with Gasteiger partial charge in [0.25, 0.3) is 0 Å². The molecule has 0 bridgehead atoms. The fourth-order valence-corrected chi connectivity index (χ4v) is 4.26. The lowest BCUT2D eigenvalue weighted by Crippen LogP contribution is -2.24. The van der Waals surface area contributed by atoms with E-state index in [2.05, 4.69) is 4.98 Å². The standard InChI is InChI=1S/C23H23FN2O3S/c1-13-8-14(2)22(15(3)9-13)26(17(5)28)23-25-18(12-30-23)11-29-19-6-7-20(16(4)27)21(24)10-19/h6-10,12H,11H2,1-5H3. The lowest BCUT2D eigenvalue weighted by molar-refractivity contribution is -0.115. The molecule has 0 saturated carbocycles. The van der Waals surface area contributed by atoms with Gasteiger partial charge in [0, 0.05) is 18.4 Å². The number of aryl methyl sites for hydroxylation is 3. The molecule has 3 rings (SSSR count). The summed E-state index contributed by atoms with van der Waals surface area (Å²) in [5.74, 6) is -0.782. The molecule has 156 valence electrons. The van der Waals surface area contributed by atoms with E-state index in [9.17, 15) is 14.0 Å². The van der Waals surface area contributed by atoms with Crippen LogP contribution in [0.5, 0.6) is 5.75 Å². The number of nitrogens with zero attached hydrogens (tertiary/aromatic N) is 2. The first kappa shape index (κ1) is 21.6. The summed E-state index contributed by atoms with van der Waals surface area (Å²) in [6.45, 7) is 8.91. The van der Waals surface area contributed by atoms with Crippen molar-refractivity contribution >= 4 is 33.8 Å². The molecule has 0 saturated heterocycles. The van der Waals surface area contributed by atoms with E-state index in [1.807, 2.05) is 38.3 Å². The Bertz CT molecular complexity index is 1100. The molecule has 1 heterocycles. The Morgan fingerprint density at radius 2 is 1.77 bits per heavy atom. The van der Waals surface area contributed by atoms with E-state index >= 15 is 0 Å². The van der Waals surface area contributed by atoms with Crippen molar-refractivity contribution in [1.82, 2.24) is 4.98 Å². The molecule has 7 heteroatoms. The number of ether oxygens (including phenoxy) is 1. The number of hydrogen-bond donors (Lipinski definition) is 0. The molecule has 0 N–H and O–H groups in total. The van der Waals surface area contributed by atoms with Gasteiger partial charge in [0.2, 0.25) is 5.91 Å². The van der Waals surface area contributed by atoms with Gasteiger partial charge in [-0.3, -0.25) is 14.5 Å². The molecule has 5 nitrogen and oxygen atoms in total. The lowest BCUT2D eigenvalue weighted by Gasteiger charge is -2.23. The van der Waals surface area contributed by atoms with Gasteiger partial charge in [-0.2, -0.15) is 0 Å². The van der Waals surface area contributed by atoms with Gasteiger partial charge in [0.15, 0.2) is 10.9 Å². The monoisotopic (exact) mass is 426 g/mol. The minimum Gasteiger partial charge on any atom is -0.487 e. The molecule has 0 radical (unpaired) electrons. The summed E-state index contributed by atoms with van der Waals surface area (Å²) in [6.07, 6.45) is 0. The molecule has 3 aromatic rings. The number of aromatic nitrogens is 1. The van der Waals surface area contributed by atoms with Crippen LogP contribution in [0.4, 0.5) is 15.2 Å². The minimum absolute atomic E-state index is 0.0271. The average Bonchev–Trinajstić information content (AvgIpc) is 3.10. The largest absolute Gasteiger partial charge is 0.487 e. The van der Waals surface area contributed by atoms with E-state index in [4.69, 9.17) is 4.74 Å². The molecule has 0 unspecified atom stereocenters. The maximum absolute atomic E-state index is 14.0. The van der Waals surface area contributed by atoms with Gasteiger partial charge in [0.05, 0.1) is 16.9 Å². The first-order valence-corrected chi connectivity index (χ1v) is 10.3. The van der Waals surface area contributed by atoms with Gasteiger partial charge >= 0.3 is 0 Å². The summed E-state index contributed by atoms with van der Waals surface area (Å²) in [5, 5.41) is 2.36. The number of carbonyl (C=O) groups is 2. The molecular formula is C23H23FN2O3S. The lowest BCUT2D eigenvalue weighted by atomic mass is 10.0. The van der Waals surface area contributed by atoms with Crippen molar-refractivity contribution in [2.24, 2.45) is 0 Å². The predicted octanol–water partition coefficient (Wildman–Crippen LogP) is 5.67. The number of hydrogen-bond acceptors (Lipinski definition) is 5. The van der Waals surface area contributed by atoms with E-state index in [0.29, 0.717) is 16.6 Å². The third kappa shape index (κ3) is 4.57. The zero-order chi connectivity index (χ0) is 22.0. The third-order valence-electron chi connectivity index (χ3n) is 4.61. The van der Waals surface area contributed by atoms with Crippen LogP contribution in [-0.2, 0) is 11.4 Å². The van der Waals surface area contributed by atoms with Crippen molar-refractivity contribution < 1.29 is 18.7 Å². The Morgan fingerprint density at radius 1 is 1.10 bits per heavy atom. The summed E-state index contributed by atoms with van der Waals surface area (Å²) in [5.41, 5.74) is 4.61. The molecule has 0 spiro atoms. The van der Waals surface area contributed by atoms with Crippen LogP contribution in [0.1, 0.15) is 46.6 Å². The van der Waals surface area contributed by atoms with Crippen molar-refractivity contribution in [3.63, 3.8) is 0 Å². The van der Waals surface area contributed by atoms with Crippen molar-refractivity contribution in [2.45, 2.75) is 41.2 Å². The quantitative estimate of drug-likeness (QED) is 0.476. The average molecular weight is 427 g/mol. The highest BCUT2D eigenvalue weighted by Crippen LogP contribution is 2.34. The minimum atomic E-state index is -0.618. The van der Waals surface area contributed by atoms with Gasteiger partial charge < -0.3 is 4.74 Å². The first-order chi connectivity index (χ1) is 14.2. The van der Waals surface area contributed by atoms with Crippen LogP contribution in [0.2, 0.25) is 0 Å². The second-order valence-corrected chi connectivity index (χ2v) is 8.05. The zero-order valence-electron chi connectivity index (χ0n) is 17.6. The van der Waals surface area contributed by atoms with E-state index < -0.39 is 5.82 Å². The maximum atomic E-state index is 14.0. The summed E-state index contributed by atoms with van der Waals surface area (Å²) in [4.78, 5) is 29.9. The fourth-order valence-electron chi connectivity index (χ4n) is 3.41. The number of halogens is 1. The first-order valence-electron chi connectivity index (χ1n) is 9.43. The molecule has 0 aliphatic heterocycles. The predicted molar refractivity (Wildman–Crippen MR) is 116 cm³/mol. The van der Waals surface area contributed by atoms with Crippen molar-refractivity contribution in [3.8, 4) is 5.75 Å². The highest BCUT2D eigenvalue weighted by atomic mass is 32.1. The van der Waals surface area contributed by atoms with Crippen LogP contribution < -0.4 is 9.64 Å². The number of carbonyl (C=O) groups excluding carboxylic acids is 2. The van der Waals surface area contributed by atoms with Crippen LogP contribution in [0.25, 0.3) is 0 Å². The Labute approximate surface area is 179 Å². The number of thiazole rings is 1. The van der Waals surface area contributed by atoms with Gasteiger partial charge in [-0.1, -0.05) is 17.7 Å². The third-order valence-corrected chi connectivity index (χ3v) is 5.49. The normalized spacial score (nSPS) is 10.7. The molecule has 0 aliphatic carbocycles. The number of anilines is 2. The van der Waals surface area contributed by atoms with Crippen LogP contribution in [-0.4, -0.2) is 16.7 Å². The van der Waals surface area contributed by atoms with Crippen molar-refractivity contribution in [3.05, 3.63) is 69.5 Å². The highest BCUT2D eigenvalue weighted by molar-refractivity contribution is 7.14. The zero-order valence-corrected chi connectivity index (χ0v) is 18.4. The van der Waals surface area contributed by atoms with Crippen molar-refractivity contribution in [1.29, 1.82) is 0 Å². The topological polar surface area (TPSA) is 59.5 Å². The summed E-state index contributed by atoms with van der Waals surface area (Å²) in [7, 11) is 0. The van der Waals surface area contributed by atoms with E-state index in [-0.39, 0.29) is 23.9 Å². The second-order valence-electron chi connectivity index (χ2n) is 7.21. The number of ketones is 1. The summed E-state index contributed by atoms with van der Waals surface area (Å²) in [6, 6.07) is 8.21. The van der Waals surface area contributed by atoms with Crippen LogP contribution in [0.3, 0.4) is 0 Å². The van der Waals surface area contributed by atoms with Crippen LogP contribution in [0, 0.1) is 26.6 Å². The van der Waals surface area contributed by atoms with Gasteiger partial charge in [0.1, 0.15) is 18.2 Å². The highest BCUT2D eigenvalue weighted by Gasteiger charge is 2.22. The van der Waals surface area contributed by atoms with E-state index in [1.54, 1.807) is 11.0 Å². The van der Waals surface area contributed by atoms with Gasteiger partial charge in [-0.05, 0) is 51.0 Å². The Kier molecular flexibility index (Phi) is 6.31. The molecule has 1 aromatic heterocycles. The second kappa shape index (κ2) is 8.75. The Hall–Kier alpha value is -3.06. The number of amides is 1. The van der Waals surface area contributed by atoms with E-state index in [1.165, 1.54) is 37.3 Å². The van der Waals surface area contributed by atoms with Crippen molar-refractivity contribution in [2.75, 3.05) is 4.90 Å². The number of Topliss-reactive ketones (excluding diaryl/α,β-unsaturated/α-hetero) is 1. The maximum Gasteiger partial charge on any atom is 0.230 e. The smallest absolute Gasteiger partial charge is 0.230 e. The van der Waals surface area contributed by atoms with E-state index in [0.717, 1.165) is 22.4 Å². The molecule has 1 amide bonds. The van der Waals surface area contributed by atoms with Gasteiger partial charge in [-0.15, -0.1) is 11.3 Å². The van der Waals surface area contributed by atoms with Crippen LogP contribution in [0.15, 0.2) is 35.7 Å².